The molecule has 2 fully saturated rings. The Kier molecular flexibility index (Phi) is 4.08. The van der Waals surface area contributed by atoms with Crippen LogP contribution in [0.4, 0.5) is 5.69 Å². The maximum Gasteiger partial charge on any atom is 0.239 e. The van der Waals surface area contributed by atoms with Gasteiger partial charge < -0.3 is 10.5 Å². The summed E-state index contributed by atoms with van der Waals surface area (Å²) >= 11 is 0. The fourth-order valence-electron chi connectivity index (χ4n) is 3.12. The predicted octanol–water partition coefficient (Wildman–Crippen LogP) is 1.88. The zero-order chi connectivity index (χ0) is 14.9. The van der Waals surface area contributed by atoms with Gasteiger partial charge in [0, 0.05) is 13.1 Å². The molecule has 1 aromatic rings. The van der Waals surface area contributed by atoms with Crippen LogP contribution >= 0.6 is 0 Å². The van der Waals surface area contributed by atoms with Crippen molar-refractivity contribution in [3.8, 4) is 5.75 Å². The highest BCUT2D eigenvalue weighted by atomic mass is 32.2. The first-order valence-electron chi connectivity index (χ1n) is 7.59. The summed E-state index contributed by atoms with van der Waals surface area (Å²) in [6.07, 6.45) is 5.60. The monoisotopic (exact) mass is 310 g/mol. The number of sulfonamides is 1. The van der Waals surface area contributed by atoms with E-state index in [0.717, 1.165) is 18.6 Å². The molecule has 1 saturated heterocycles. The molecule has 5 nitrogen and oxygen atoms in total. The summed E-state index contributed by atoms with van der Waals surface area (Å²) < 4.78 is 32.0. The molecule has 21 heavy (non-hydrogen) atoms. The number of nitrogens with two attached hydrogens (primary N) is 1. The second-order valence-electron chi connectivity index (χ2n) is 5.78. The zero-order valence-electron chi connectivity index (χ0n) is 12.1. The first-order chi connectivity index (χ1) is 10.1. The van der Waals surface area contributed by atoms with E-state index in [1.165, 1.54) is 17.1 Å². The predicted molar refractivity (Wildman–Crippen MR) is 83.1 cm³/mol. The summed E-state index contributed by atoms with van der Waals surface area (Å²) in [6.45, 7) is 0.689. The van der Waals surface area contributed by atoms with E-state index < -0.39 is 15.3 Å². The quantitative estimate of drug-likeness (QED) is 0.921. The van der Waals surface area contributed by atoms with Crippen molar-refractivity contribution < 1.29 is 13.2 Å². The molecule has 1 aliphatic heterocycles. The fourth-order valence-corrected chi connectivity index (χ4v) is 4.90. The third-order valence-corrected chi connectivity index (χ3v) is 6.65. The Balaban J connectivity index is 1.72. The molecule has 0 spiro atoms. The molecule has 1 heterocycles. The van der Waals surface area contributed by atoms with E-state index in [-0.39, 0.29) is 6.54 Å². The van der Waals surface area contributed by atoms with Crippen LogP contribution in [0.15, 0.2) is 24.3 Å². The topological polar surface area (TPSA) is 72.6 Å². The average molecular weight is 310 g/mol. The van der Waals surface area contributed by atoms with E-state index in [1.807, 2.05) is 24.3 Å². The Bertz CT molecular complexity index is 579. The van der Waals surface area contributed by atoms with Crippen LogP contribution in [0, 0.1) is 0 Å². The lowest BCUT2D eigenvalue weighted by Crippen LogP contribution is -2.33. The molecule has 1 aliphatic carbocycles. The van der Waals surface area contributed by atoms with Gasteiger partial charge >= 0.3 is 0 Å². The normalized spacial score (nSPS) is 25.4. The van der Waals surface area contributed by atoms with Gasteiger partial charge in [-0.05, 0) is 56.4 Å². The summed E-state index contributed by atoms with van der Waals surface area (Å²) in [5.74, 6) is 0.817. The van der Waals surface area contributed by atoms with Gasteiger partial charge in [0.05, 0.1) is 17.0 Å². The van der Waals surface area contributed by atoms with E-state index in [1.54, 1.807) is 0 Å². The first kappa shape index (κ1) is 14.7. The molecule has 1 atom stereocenters. The average Bonchev–Trinajstić information content (AvgIpc) is 3.07. The smallest absolute Gasteiger partial charge is 0.239 e. The zero-order valence-corrected chi connectivity index (χ0v) is 12.9. The van der Waals surface area contributed by atoms with Gasteiger partial charge in [-0.25, -0.2) is 8.42 Å². The van der Waals surface area contributed by atoms with Crippen molar-refractivity contribution >= 4 is 15.7 Å². The summed E-state index contributed by atoms with van der Waals surface area (Å²) in [7, 11) is -3.30. The second kappa shape index (κ2) is 5.85. The SMILES string of the molecule is NC[C@@H]1CCN(c2ccc(OC3CCCC3)cc2)S1(=O)=O. The lowest BCUT2D eigenvalue weighted by Gasteiger charge is -2.19. The van der Waals surface area contributed by atoms with E-state index in [9.17, 15) is 8.42 Å². The van der Waals surface area contributed by atoms with Gasteiger partial charge in [-0.15, -0.1) is 0 Å². The molecule has 0 radical (unpaired) electrons. The number of benzene rings is 1. The minimum Gasteiger partial charge on any atom is -0.490 e. The number of nitrogens with zero attached hydrogens (tertiary/aromatic N) is 1. The number of hydrogen-bond acceptors (Lipinski definition) is 4. The maximum absolute atomic E-state index is 12.3. The Morgan fingerprint density at radius 3 is 2.38 bits per heavy atom. The maximum atomic E-state index is 12.3. The summed E-state index contributed by atoms with van der Waals surface area (Å²) in [6, 6.07) is 7.36. The molecule has 116 valence electrons. The molecule has 6 heteroatoms. The van der Waals surface area contributed by atoms with Gasteiger partial charge in [0.25, 0.3) is 0 Å². The number of anilines is 1. The summed E-state index contributed by atoms with van der Waals surface area (Å²) in [5, 5.41) is -0.452. The highest BCUT2D eigenvalue weighted by molar-refractivity contribution is 7.93. The van der Waals surface area contributed by atoms with E-state index in [4.69, 9.17) is 10.5 Å². The van der Waals surface area contributed by atoms with Crippen LogP contribution in [-0.2, 0) is 10.0 Å². The molecule has 1 aromatic carbocycles. The third kappa shape index (κ3) is 2.87. The molecule has 3 rings (SSSR count). The third-order valence-electron chi connectivity index (χ3n) is 4.38. The van der Waals surface area contributed by atoms with Crippen molar-refractivity contribution in [2.75, 3.05) is 17.4 Å². The van der Waals surface area contributed by atoms with Gasteiger partial charge in [-0.1, -0.05) is 0 Å². The van der Waals surface area contributed by atoms with Crippen LogP contribution in [0.2, 0.25) is 0 Å². The number of hydrogen-bond donors (Lipinski definition) is 1. The van der Waals surface area contributed by atoms with Crippen LogP contribution < -0.4 is 14.8 Å². The van der Waals surface area contributed by atoms with Gasteiger partial charge in [0.1, 0.15) is 5.75 Å². The van der Waals surface area contributed by atoms with Gasteiger partial charge in [0.2, 0.25) is 10.0 Å². The highest BCUT2D eigenvalue weighted by Gasteiger charge is 2.37. The molecule has 0 amide bonds. The minimum atomic E-state index is -3.30. The van der Waals surface area contributed by atoms with Crippen LogP contribution in [0.5, 0.6) is 5.75 Å². The largest absolute Gasteiger partial charge is 0.490 e. The molecular formula is C15H22N2O3S. The van der Waals surface area contributed by atoms with Crippen molar-refractivity contribution in [1.82, 2.24) is 0 Å². The van der Waals surface area contributed by atoms with Gasteiger partial charge in [-0.3, -0.25) is 4.31 Å². The lowest BCUT2D eigenvalue weighted by atomic mass is 10.2. The van der Waals surface area contributed by atoms with E-state index in [0.29, 0.717) is 24.8 Å². The van der Waals surface area contributed by atoms with Gasteiger partial charge in [-0.2, -0.15) is 0 Å². The Labute approximate surface area is 126 Å². The van der Waals surface area contributed by atoms with Crippen molar-refractivity contribution in [2.24, 2.45) is 5.73 Å². The molecule has 0 unspecified atom stereocenters. The van der Waals surface area contributed by atoms with Crippen molar-refractivity contribution in [1.29, 1.82) is 0 Å². The molecular weight excluding hydrogens is 288 g/mol. The second-order valence-corrected chi connectivity index (χ2v) is 7.92. The van der Waals surface area contributed by atoms with E-state index in [2.05, 4.69) is 0 Å². The van der Waals surface area contributed by atoms with Crippen molar-refractivity contribution in [3.63, 3.8) is 0 Å². The molecule has 0 aromatic heterocycles. The van der Waals surface area contributed by atoms with Crippen LogP contribution in [-0.4, -0.2) is 32.9 Å². The molecule has 2 aliphatic rings. The fraction of sp³-hybridized carbons (Fsp3) is 0.600. The van der Waals surface area contributed by atoms with Crippen molar-refractivity contribution in [2.45, 2.75) is 43.5 Å². The van der Waals surface area contributed by atoms with Gasteiger partial charge in [0.15, 0.2) is 0 Å². The molecule has 2 N–H and O–H groups in total. The first-order valence-corrected chi connectivity index (χ1v) is 9.10. The lowest BCUT2D eigenvalue weighted by molar-refractivity contribution is 0.210. The number of rotatable bonds is 4. The van der Waals surface area contributed by atoms with Crippen LogP contribution in [0.1, 0.15) is 32.1 Å². The molecule has 0 bridgehead atoms. The Morgan fingerprint density at radius 1 is 1.14 bits per heavy atom. The number of ether oxygens (including phenoxy) is 1. The minimum absolute atomic E-state index is 0.182. The van der Waals surface area contributed by atoms with E-state index >= 15 is 0 Å². The van der Waals surface area contributed by atoms with Crippen LogP contribution in [0.3, 0.4) is 0 Å². The summed E-state index contributed by atoms with van der Waals surface area (Å²) in [4.78, 5) is 0. The van der Waals surface area contributed by atoms with Crippen LogP contribution in [0.25, 0.3) is 0 Å². The molecule has 1 saturated carbocycles. The Hall–Kier alpha value is -1.27. The Morgan fingerprint density at radius 2 is 1.81 bits per heavy atom. The van der Waals surface area contributed by atoms with Crippen molar-refractivity contribution in [3.05, 3.63) is 24.3 Å². The standard InChI is InChI=1S/C15H22N2O3S/c16-11-15-9-10-17(21(15,18)19)12-5-7-14(8-6-12)20-13-3-1-2-4-13/h5-8,13,15H,1-4,9-11,16H2/t15-/m0/s1. The summed E-state index contributed by atoms with van der Waals surface area (Å²) in [5.41, 5.74) is 6.24. The highest BCUT2D eigenvalue weighted by Crippen LogP contribution is 2.30.